The second kappa shape index (κ2) is 34.1. The number of guanidine groups is 1. The topological polar surface area (TPSA) is 475 Å². The lowest BCUT2D eigenvalue weighted by molar-refractivity contribution is -0.142. The van der Waals surface area contributed by atoms with Gasteiger partial charge in [-0.2, -0.15) is 11.8 Å². The van der Waals surface area contributed by atoms with Gasteiger partial charge < -0.3 is 81.2 Å². The molecule has 0 bridgehead atoms. The molecule has 0 saturated heterocycles. The first-order valence-electron chi connectivity index (χ1n) is 22.8. The first-order chi connectivity index (χ1) is 32.7. The number of unbranched alkanes of at least 4 members (excludes halogenated alkanes) is 1. The van der Waals surface area contributed by atoms with Crippen LogP contribution in [0.15, 0.2) is 4.99 Å². The van der Waals surface area contributed by atoms with Gasteiger partial charge >= 0.3 is 17.9 Å². The molecule has 398 valence electrons. The summed E-state index contributed by atoms with van der Waals surface area (Å²) in [4.78, 5) is 146. The number of carboxylic acid groups (broad SMARTS) is 3. The molecule has 0 rings (SSSR count). The highest BCUT2D eigenvalue weighted by Gasteiger charge is 2.36. The predicted octanol–water partition coefficient (Wildman–Crippen LogP) is -3.97. The van der Waals surface area contributed by atoms with Crippen molar-refractivity contribution in [2.75, 3.05) is 25.1 Å². The minimum Gasteiger partial charge on any atom is -0.481 e. The first kappa shape index (κ1) is 63.7. The SMILES string of the molecule is CSCC[C@H](NC(=O)[C@H](CCCCN)NC(=O)[C@H](CCC(=O)O)NC(=O)[C@@H](NC(=O)[C@H](CC(C)C)NC(=O)[C@H](CCC(=O)O)NC(=O)[C@H](CCCN=C(N)N)NC(=O)[C@@H](N)CC(N)=O)C(C)C)C(=O)O. The highest BCUT2D eigenvalue weighted by molar-refractivity contribution is 7.98. The van der Waals surface area contributed by atoms with Gasteiger partial charge in [0.25, 0.3) is 0 Å². The maximum absolute atomic E-state index is 14.0. The smallest absolute Gasteiger partial charge is 0.326 e. The second-order valence-corrected chi connectivity index (χ2v) is 18.2. The Morgan fingerprint density at radius 2 is 0.971 bits per heavy atom. The van der Waals surface area contributed by atoms with E-state index >= 15 is 0 Å². The van der Waals surface area contributed by atoms with E-state index in [1.165, 1.54) is 11.8 Å². The van der Waals surface area contributed by atoms with E-state index in [9.17, 15) is 68.1 Å². The van der Waals surface area contributed by atoms with Crippen LogP contribution in [0, 0.1) is 11.8 Å². The van der Waals surface area contributed by atoms with Crippen molar-refractivity contribution in [1.29, 1.82) is 0 Å². The van der Waals surface area contributed by atoms with Gasteiger partial charge in [0, 0.05) is 19.4 Å². The van der Waals surface area contributed by atoms with Gasteiger partial charge in [-0.25, -0.2) is 4.79 Å². The van der Waals surface area contributed by atoms with E-state index < -0.39 is 152 Å². The first-order valence-corrected chi connectivity index (χ1v) is 24.2. The van der Waals surface area contributed by atoms with Gasteiger partial charge in [0.05, 0.1) is 12.5 Å². The molecular formula is C42H75N13O14S. The van der Waals surface area contributed by atoms with Crippen LogP contribution in [0.4, 0.5) is 0 Å². The molecular weight excluding hydrogens is 943 g/mol. The van der Waals surface area contributed by atoms with Crippen LogP contribution >= 0.6 is 11.8 Å². The van der Waals surface area contributed by atoms with Gasteiger partial charge in [-0.1, -0.05) is 27.7 Å². The average molecular weight is 1020 g/mol. The van der Waals surface area contributed by atoms with Gasteiger partial charge in [-0.05, 0) is 88.2 Å². The fourth-order valence-electron chi connectivity index (χ4n) is 6.53. The van der Waals surface area contributed by atoms with Crippen LogP contribution in [0.2, 0.25) is 0 Å². The van der Waals surface area contributed by atoms with Crippen LogP contribution in [-0.2, 0) is 52.7 Å². The van der Waals surface area contributed by atoms with Crippen molar-refractivity contribution in [1.82, 2.24) is 37.2 Å². The maximum atomic E-state index is 14.0. The number of rotatable bonds is 37. The molecule has 0 unspecified atom stereocenters. The summed E-state index contributed by atoms with van der Waals surface area (Å²) < 4.78 is 0. The summed E-state index contributed by atoms with van der Waals surface area (Å²) in [5, 5.41) is 45.9. The van der Waals surface area contributed by atoms with Crippen LogP contribution in [-0.4, -0.2) is 160 Å². The molecule has 0 fully saturated rings. The Morgan fingerprint density at radius 1 is 0.543 bits per heavy atom. The lowest BCUT2D eigenvalue weighted by Crippen LogP contribution is -2.61. The third-order valence-corrected chi connectivity index (χ3v) is 10.9. The number of carbonyl (C=O) groups is 11. The number of nitrogens with one attached hydrogen (secondary N) is 7. The second-order valence-electron chi connectivity index (χ2n) is 17.2. The van der Waals surface area contributed by atoms with Crippen LogP contribution in [0.1, 0.15) is 105 Å². The monoisotopic (exact) mass is 1020 g/mol. The Balaban J connectivity index is 6.66. The summed E-state index contributed by atoms with van der Waals surface area (Å²) >= 11 is 1.36. The number of hydrogen-bond donors (Lipinski definition) is 15. The van der Waals surface area contributed by atoms with Crippen LogP contribution in [0.25, 0.3) is 0 Å². The van der Waals surface area contributed by atoms with Crippen LogP contribution < -0.4 is 65.9 Å². The van der Waals surface area contributed by atoms with Gasteiger partial charge in [-0.3, -0.25) is 52.9 Å². The number of primary amides is 1. The van der Waals surface area contributed by atoms with Crippen molar-refractivity contribution >= 4 is 82.9 Å². The van der Waals surface area contributed by atoms with Crippen molar-refractivity contribution in [2.24, 2.45) is 45.5 Å². The third-order valence-electron chi connectivity index (χ3n) is 10.3. The van der Waals surface area contributed by atoms with Crippen molar-refractivity contribution in [3.8, 4) is 0 Å². The summed E-state index contributed by atoms with van der Waals surface area (Å²) in [5.74, 6) is -12.3. The summed E-state index contributed by atoms with van der Waals surface area (Å²) in [5.41, 5.74) is 27.3. The van der Waals surface area contributed by atoms with E-state index in [0.29, 0.717) is 18.6 Å². The molecule has 0 aromatic rings. The Bertz CT molecular complexity index is 1820. The van der Waals surface area contributed by atoms with Gasteiger partial charge in [0.15, 0.2) is 5.96 Å². The minimum absolute atomic E-state index is 0.0138. The van der Waals surface area contributed by atoms with Crippen molar-refractivity contribution in [3.05, 3.63) is 0 Å². The largest absolute Gasteiger partial charge is 0.481 e. The molecule has 8 amide bonds. The number of aliphatic imine (C=N–C) groups is 1. The highest BCUT2D eigenvalue weighted by atomic mass is 32.2. The number of aliphatic carboxylic acids is 3. The van der Waals surface area contributed by atoms with Crippen molar-refractivity contribution < 1.29 is 68.1 Å². The van der Waals surface area contributed by atoms with E-state index in [0.717, 1.165) is 0 Å². The quantitative estimate of drug-likeness (QED) is 0.0160. The summed E-state index contributed by atoms with van der Waals surface area (Å²) in [6.07, 6.45) is -0.229. The fourth-order valence-corrected chi connectivity index (χ4v) is 7.00. The Morgan fingerprint density at radius 3 is 1.39 bits per heavy atom. The van der Waals surface area contributed by atoms with Crippen molar-refractivity contribution in [2.45, 2.75) is 153 Å². The fraction of sp³-hybridized carbons (Fsp3) is 0.714. The molecule has 0 aromatic carbocycles. The molecule has 28 heteroatoms. The molecule has 0 spiro atoms. The lowest BCUT2D eigenvalue weighted by atomic mass is 9.98. The van der Waals surface area contributed by atoms with Gasteiger partial charge in [-0.15, -0.1) is 0 Å². The van der Waals surface area contributed by atoms with E-state index in [-0.39, 0.29) is 57.1 Å². The van der Waals surface area contributed by atoms with Crippen LogP contribution in [0.3, 0.4) is 0 Å². The third kappa shape index (κ3) is 27.0. The number of thioether (sulfide) groups is 1. The number of amides is 8. The molecule has 0 aliphatic carbocycles. The summed E-state index contributed by atoms with van der Waals surface area (Å²) in [6, 6.07) is -11.5. The molecule has 20 N–H and O–H groups in total. The maximum Gasteiger partial charge on any atom is 0.326 e. The zero-order valence-corrected chi connectivity index (χ0v) is 41.3. The lowest BCUT2D eigenvalue weighted by Gasteiger charge is -2.29. The van der Waals surface area contributed by atoms with E-state index in [2.05, 4.69) is 42.2 Å². The normalized spacial score (nSPS) is 14.5. The Hall–Kier alpha value is -6.29. The van der Waals surface area contributed by atoms with Gasteiger partial charge in [0.1, 0.15) is 42.3 Å². The molecule has 0 heterocycles. The molecule has 0 radical (unpaired) electrons. The zero-order valence-electron chi connectivity index (χ0n) is 40.5. The van der Waals surface area contributed by atoms with Gasteiger partial charge in [0.2, 0.25) is 47.3 Å². The molecule has 27 nitrogen and oxygen atoms in total. The number of nitrogens with two attached hydrogens (primary N) is 5. The molecule has 8 atom stereocenters. The van der Waals surface area contributed by atoms with E-state index in [4.69, 9.17) is 28.7 Å². The molecule has 0 saturated carbocycles. The Labute approximate surface area is 410 Å². The average Bonchev–Trinajstić information content (AvgIpc) is 3.25. The van der Waals surface area contributed by atoms with E-state index in [1.807, 2.05) is 0 Å². The minimum atomic E-state index is -1.62. The van der Waals surface area contributed by atoms with E-state index in [1.54, 1.807) is 34.0 Å². The molecule has 0 aliphatic rings. The Kier molecular flexibility index (Phi) is 31.0. The number of hydrogen-bond acceptors (Lipinski definition) is 15. The number of carbonyl (C=O) groups excluding carboxylic acids is 8. The number of carboxylic acids is 3. The highest BCUT2D eigenvalue weighted by Crippen LogP contribution is 2.12. The standard InChI is InChI=1S/C42H75N13O14S/c1-21(2)19-29(54-38(65)26(11-13-31(57)58)51-35(62)25(10-8-17-48-42(46)47)49-34(61)23(44)20-30(45)56)39(66)55-33(22(3)4)40(67)52-27(12-14-32(59)60)37(64)50-24(9-6-7-16-43)36(63)53-28(41(68)69)15-18-70-5/h21-29,33H,6-20,43-44H2,1-5H3,(H2,45,56)(H,49,61)(H,50,64)(H,51,62)(H,52,67)(H,53,63)(H,54,65)(H,55,66)(H,57,58)(H,59,60)(H,68,69)(H4,46,47,48)/t23-,24-,25-,26-,27-,28-,29-,33-/m0/s1. The number of nitrogens with zero attached hydrogens (tertiary/aromatic N) is 1. The summed E-state index contributed by atoms with van der Waals surface area (Å²) in [7, 11) is 0. The predicted molar refractivity (Wildman–Crippen MR) is 257 cm³/mol. The van der Waals surface area contributed by atoms with Crippen LogP contribution in [0.5, 0.6) is 0 Å². The molecule has 0 aliphatic heterocycles. The summed E-state index contributed by atoms with van der Waals surface area (Å²) in [6.45, 7) is 6.78. The molecule has 0 aromatic heterocycles. The zero-order chi connectivity index (χ0) is 53.7. The molecule has 70 heavy (non-hydrogen) atoms. The van der Waals surface area contributed by atoms with Crippen molar-refractivity contribution in [3.63, 3.8) is 0 Å².